The minimum absolute atomic E-state index is 0.105. The number of esters is 2. The van der Waals surface area contributed by atoms with Gasteiger partial charge in [-0.2, -0.15) is 0 Å². The van der Waals surface area contributed by atoms with Crippen LogP contribution in [0, 0.1) is 6.92 Å². The first kappa shape index (κ1) is 16.9. The second kappa shape index (κ2) is 7.58. The predicted octanol–water partition coefficient (Wildman–Crippen LogP) is 0.782. The highest BCUT2D eigenvalue weighted by molar-refractivity contribution is 7.80. The lowest BCUT2D eigenvalue weighted by Crippen LogP contribution is -2.37. The van der Waals surface area contributed by atoms with Crippen LogP contribution in [0.4, 0.5) is 5.69 Å². The van der Waals surface area contributed by atoms with Crippen molar-refractivity contribution < 1.29 is 19.1 Å². The van der Waals surface area contributed by atoms with Gasteiger partial charge in [0.05, 0.1) is 19.9 Å². The lowest BCUT2D eigenvalue weighted by molar-refractivity contribution is -0.140. The number of aryl methyl sites for hydroxylation is 1. The number of anilines is 1. The molecule has 0 radical (unpaired) electrons. The standard InChI is InChI=1S/C14H18N2O4S/c1-9-5-4-6-10(14(15)21)13(9)16(7-11(17)19-2)8-12(18)20-3/h4-6H,7-8H2,1-3H3,(H2,15,21). The number of thiocarbonyl (C=S) groups is 1. The number of hydrogen-bond donors (Lipinski definition) is 1. The number of ether oxygens (including phenoxy) is 2. The third-order valence-corrected chi connectivity index (χ3v) is 3.13. The Bertz CT molecular complexity index is 542. The Morgan fingerprint density at radius 2 is 1.71 bits per heavy atom. The molecule has 0 bridgehead atoms. The Morgan fingerprint density at radius 3 is 2.14 bits per heavy atom. The Labute approximate surface area is 128 Å². The van der Waals surface area contributed by atoms with E-state index in [0.717, 1.165) is 5.56 Å². The van der Waals surface area contributed by atoms with Crippen molar-refractivity contribution >= 4 is 34.8 Å². The number of nitrogens with two attached hydrogens (primary N) is 1. The average Bonchev–Trinajstić information content (AvgIpc) is 2.45. The molecule has 7 heteroatoms. The molecule has 0 saturated heterocycles. The first-order valence-electron chi connectivity index (χ1n) is 6.18. The topological polar surface area (TPSA) is 81.9 Å². The molecule has 0 amide bonds. The van der Waals surface area contributed by atoms with Gasteiger partial charge in [0.2, 0.25) is 0 Å². The van der Waals surface area contributed by atoms with E-state index in [4.69, 9.17) is 18.0 Å². The van der Waals surface area contributed by atoms with Gasteiger partial charge in [-0.05, 0) is 18.6 Å². The molecule has 0 aliphatic heterocycles. The number of carbonyl (C=O) groups excluding carboxylic acids is 2. The maximum Gasteiger partial charge on any atom is 0.325 e. The first-order chi connectivity index (χ1) is 9.90. The van der Waals surface area contributed by atoms with Gasteiger partial charge in [-0.25, -0.2) is 0 Å². The van der Waals surface area contributed by atoms with E-state index in [1.165, 1.54) is 14.2 Å². The number of methoxy groups -OCH3 is 2. The molecule has 1 aromatic carbocycles. The van der Waals surface area contributed by atoms with Gasteiger partial charge in [-0.3, -0.25) is 9.59 Å². The molecule has 0 unspecified atom stereocenters. The van der Waals surface area contributed by atoms with Crippen molar-refractivity contribution in [1.29, 1.82) is 0 Å². The van der Waals surface area contributed by atoms with Crippen LogP contribution in [0.25, 0.3) is 0 Å². The summed E-state index contributed by atoms with van der Waals surface area (Å²) in [5, 5.41) is 0. The fourth-order valence-corrected chi connectivity index (χ4v) is 2.10. The highest BCUT2D eigenvalue weighted by Crippen LogP contribution is 2.25. The van der Waals surface area contributed by atoms with E-state index in [0.29, 0.717) is 11.3 Å². The summed E-state index contributed by atoms with van der Waals surface area (Å²) in [6, 6.07) is 5.40. The number of carbonyl (C=O) groups is 2. The average molecular weight is 310 g/mol. The molecule has 1 rings (SSSR count). The monoisotopic (exact) mass is 310 g/mol. The van der Waals surface area contributed by atoms with E-state index in [-0.39, 0.29) is 18.1 Å². The quantitative estimate of drug-likeness (QED) is 0.614. The zero-order chi connectivity index (χ0) is 16.0. The predicted molar refractivity (Wildman–Crippen MR) is 83.3 cm³/mol. The summed E-state index contributed by atoms with van der Waals surface area (Å²) < 4.78 is 9.32. The van der Waals surface area contributed by atoms with Crippen molar-refractivity contribution in [2.75, 3.05) is 32.2 Å². The summed E-state index contributed by atoms with van der Waals surface area (Å²) in [6.45, 7) is 1.64. The minimum Gasteiger partial charge on any atom is -0.468 e. The van der Waals surface area contributed by atoms with Crippen LogP contribution < -0.4 is 10.6 Å². The number of hydrogen-bond acceptors (Lipinski definition) is 6. The fourth-order valence-electron chi connectivity index (χ4n) is 1.93. The van der Waals surface area contributed by atoms with Crippen molar-refractivity contribution in [3.8, 4) is 0 Å². The lowest BCUT2D eigenvalue weighted by atomic mass is 10.1. The van der Waals surface area contributed by atoms with Crippen LogP contribution in [-0.2, 0) is 19.1 Å². The Morgan fingerprint density at radius 1 is 1.19 bits per heavy atom. The van der Waals surface area contributed by atoms with Crippen molar-refractivity contribution in [2.45, 2.75) is 6.92 Å². The Balaban J connectivity index is 3.27. The maximum atomic E-state index is 11.6. The third-order valence-electron chi connectivity index (χ3n) is 2.91. The van der Waals surface area contributed by atoms with Gasteiger partial charge in [0.15, 0.2) is 0 Å². The minimum atomic E-state index is -0.476. The van der Waals surface area contributed by atoms with Crippen LogP contribution in [0.2, 0.25) is 0 Å². The maximum absolute atomic E-state index is 11.6. The molecule has 6 nitrogen and oxygen atoms in total. The van der Waals surface area contributed by atoms with Gasteiger partial charge in [-0.15, -0.1) is 0 Å². The summed E-state index contributed by atoms with van der Waals surface area (Å²) >= 11 is 5.03. The normalized spacial score (nSPS) is 9.86. The molecule has 0 aliphatic carbocycles. The second-order valence-corrected chi connectivity index (χ2v) is 4.78. The zero-order valence-corrected chi connectivity index (χ0v) is 13.0. The largest absolute Gasteiger partial charge is 0.468 e. The second-order valence-electron chi connectivity index (χ2n) is 4.34. The van der Waals surface area contributed by atoms with Gasteiger partial charge in [0.25, 0.3) is 0 Å². The number of nitrogens with zero attached hydrogens (tertiary/aromatic N) is 1. The highest BCUT2D eigenvalue weighted by Gasteiger charge is 2.21. The van der Waals surface area contributed by atoms with Gasteiger partial charge in [0, 0.05) is 5.56 Å². The molecule has 2 N–H and O–H groups in total. The zero-order valence-electron chi connectivity index (χ0n) is 12.2. The molecule has 21 heavy (non-hydrogen) atoms. The van der Waals surface area contributed by atoms with Gasteiger partial charge >= 0.3 is 11.9 Å². The summed E-state index contributed by atoms with van der Waals surface area (Å²) in [5.74, 6) is -0.952. The third kappa shape index (κ3) is 4.42. The van der Waals surface area contributed by atoms with Crippen molar-refractivity contribution in [2.24, 2.45) is 5.73 Å². The molecule has 0 heterocycles. The molecule has 114 valence electrons. The van der Waals surface area contributed by atoms with Crippen molar-refractivity contribution in [1.82, 2.24) is 0 Å². The smallest absolute Gasteiger partial charge is 0.325 e. The van der Waals surface area contributed by atoms with Crippen LogP contribution in [0.3, 0.4) is 0 Å². The van der Waals surface area contributed by atoms with Crippen LogP contribution in [0.15, 0.2) is 18.2 Å². The lowest BCUT2D eigenvalue weighted by Gasteiger charge is -2.26. The van der Waals surface area contributed by atoms with Crippen LogP contribution in [-0.4, -0.2) is 44.2 Å². The molecular formula is C14H18N2O4S. The summed E-state index contributed by atoms with van der Waals surface area (Å²) in [6.07, 6.45) is 0. The molecule has 0 saturated carbocycles. The first-order valence-corrected chi connectivity index (χ1v) is 6.59. The van der Waals surface area contributed by atoms with E-state index >= 15 is 0 Å². The molecule has 0 aliphatic rings. The van der Waals surface area contributed by atoms with E-state index in [9.17, 15) is 9.59 Å². The van der Waals surface area contributed by atoms with E-state index in [1.807, 2.05) is 19.1 Å². The van der Waals surface area contributed by atoms with E-state index < -0.39 is 11.9 Å². The van der Waals surface area contributed by atoms with Gasteiger partial charge in [0.1, 0.15) is 18.1 Å². The molecule has 0 fully saturated rings. The summed E-state index contributed by atoms with van der Waals surface area (Å²) in [4.78, 5) is 24.9. The van der Waals surface area contributed by atoms with Crippen molar-refractivity contribution in [3.63, 3.8) is 0 Å². The van der Waals surface area contributed by atoms with Gasteiger partial charge in [-0.1, -0.05) is 24.4 Å². The Kier molecular flexibility index (Phi) is 6.10. The SMILES string of the molecule is COC(=O)CN(CC(=O)OC)c1c(C)cccc1C(N)=S. The van der Waals surface area contributed by atoms with Crippen LogP contribution >= 0.6 is 12.2 Å². The molecular weight excluding hydrogens is 292 g/mol. The highest BCUT2D eigenvalue weighted by atomic mass is 32.1. The molecule has 0 aromatic heterocycles. The van der Waals surface area contributed by atoms with Crippen LogP contribution in [0.1, 0.15) is 11.1 Å². The summed E-state index contributed by atoms with van der Waals surface area (Å²) in [5.41, 5.74) is 7.78. The van der Waals surface area contributed by atoms with Crippen LogP contribution in [0.5, 0.6) is 0 Å². The Hall–Kier alpha value is -2.15. The number of rotatable bonds is 6. The van der Waals surface area contributed by atoms with E-state index in [1.54, 1.807) is 11.0 Å². The molecule has 0 spiro atoms. The molecule has 0 atom stereocenters. The fraction of sp³-hybridized carbons (Fsp3) is 0.357. The number of para-hydroxylation sites is 1. The molecule has 1 aromatic rings. The van der Waals surface area contributed by atoms with E-state index in [2.05, 4.69) is 9.47 Å². The van der Waals surface area contributed by atoms with Gasteiger partial charge < -0.3 is 20.1 Å². The van der Waals surface area contributed by atoms with Crippen molar-refractivity contribution in [3.05, 3.63) is 29.3 Å². The summed E-state index contributed by atoms with van der Waals surface area (Å²) in [7, 11) is 2.57. The number of benzene rings is 1.